The number of H-pyrrole nitrogens is 1. The summed E-state index contributed by atoms with van der Waals surface area (Å²) in [6.07, 6.45) is -1.42. The van der Waals surface area contributed by atoms with Crippen LogP contribution in [0.2, 0.25) is 0 Å². The molecule has 3 rings (SSSR count). The number of hydrogen-bond donors (Lipinski definition) is 4. The fraction of sp³-hybridized carbons (Fsp3) is 0.455. The van der Waals surface area contributed by atoms with Gasteiger partial charge in [0, 0.05) is 6.20 Å². The van der Waals surface area contributed by atoms with E-state index >= 15 is 0 Å². The third-order valence-corrected chi connectivity index (χ3v) is 3.30. The van der Waals surface area contributed by atoms with E-state index in [4.69, 9.17) is 9.84 Å². The summed E-state index contributed by atoms with van der Waals surface area (Å²) in [6, 6.07) is 1.61. The molecule has 1 aliphatic rings. The summed E-state index contributed by atoms with van der Waals surface area (Å²) in [4.78, 5) is 18.2. The lowest BCUT2D eigenvalue weighted by molar-refractivity contribution is -0.0507. The fourth-order valence-electron chi connectivity index (χ4n) is 2.33. The standard InChI is InChI=1S/C11H13N3O5/c15-3-6-8(16)9(17)11(19-6)14-2-1-5-7(14)10(18)13-4-12-5/h1-2,4,6,8-9,11,15-17H,3H2,(H,12,13,18)/t6-,8-,9-,11-/m1/s1. The van der Waals surface area contributed by atoms with Crippen LogP contribution in [-0.2, 0) is 4.74 Å². The van der Waals surface area contributed by atoms with E-state index in [1.165, 1.54) is 10.9 Å². The number of hydrogen-bond acceptors (Lipinski definition) is 6. The Hall–Kier alpha value is -1.74. The van der Waals surface area contributed by atoms with E-state index in [-0.39, 0.29) is 11.1 Å². The molecule has 0 amide bonds. The van der Waals surface area contributed by atoms with E-state index < -0.39 is 31.1 Å². The van der Waals surface area contributed by atoms with Crippen LogP contribution in [0.5, 0.6) is 0 Å². The van der Waals surface area contributed by atoms with Gasteiger partial charge >= 0.3 is 0 Å². The van der Waals surface area contributed by atoms with E-state index in [2.05, 4.69) is 9.97 Å². The van der Waals surface area contributed by atoms with Crippen LogP contribution in [0.25, 0.3) is 11.0 Å². The van der Waals surface area contributed by atoms with Crippen molar-refractivity contribution in [3.05, 3.63) is 28.9 Å². The van der Waals surface area contributed by atoms with Crippen molar-refractivity contribution >= 4 is 11.0 Å². The zero-order valence-electron chi connectivity index (χ0n) is 9.80. The van der Waals surface area contributed by atoms with Crippen LogP contribution >= 0.6 is 0 Å². The molecule has 2 aromatic rings. The molecule has 2 aromatic heterocycles. The third-order valence-electron chi connectivity index (χ3n) is 3.30. The van der Waals surface area contributed by atoms with Gasteiger partial charge in [-0.1, -0.05) is 0 Å². The summed E-state index contributed by atoms with van der Waals surface area (Å²) in [7, 11) is 0. The van der Waals surface area contributed by atoms with Crippen LogP contribution < -0.4 is 5.56 Å². The molecule has 0 bridgehead atoms. The lowest BCUT2D eigenvalue weighted by Gasteiger charge is -2.17. The molecule has 0 aliphatic carbocycles. The maximum atomic E-state index is 11.8. The molecule has 1 fully saturated rings. The van der Waals surface area contributed by atoms with Gasteiger partial charge in [-0.15, -0.1) is 0 Å². The monoisotopic (exact) mass is 267 g/mol. The number of nitrogens with one attached hydrogen (secondary N) is 1. The van der Waals surface area contributed by atoms with Crippen molar-refractivity contribution in [2.75, 3.05) is 6.61 Å². The molecular formula is C11H13N3O5. The second-order valence-corrected chi connectivity index (χ2v) is 4.42. The molecule has 3 heterocycles. The van der Waals surface area contributed by atoms with Crippen molar-refractivity contribution in [2.45, 2.75) is 24.5 Å². The second-order valence-electron chi connectivity index (χ2n) is 4.42. The number of aromatic nitrogens is 3. The highest BCUT2D eigenvalue weighted by molar-refractivity contribution is 5.74. The fourth-order valence-corrected chi connectivity index (χ4v) is 2.33. The Balaban J connectivity index is 2.08. The quantitative estimate of drug-likeness (QED) is 0.516. The van der Waals surface area contributed by atoms with Crippen LogP contribution in [0.1, 0.15) is 6.23 Å². The summed E-state index contributed by atoms with van der Waals surface area (Å²) < 4.78 is 6.78. The number of aliphatic hydroxyl groups excluding tert-OH is 3. The maximum absolute atomic E-state index is 11.8. The minimum atomic E-state index is -1.23. The lowest BCUT2D eigenvalue weighted by Crippen LogP contribution is -2.33. The first-order valence-corrected chi connectivity index (χ1v) is 5.80. The largest absolute Gasteiger partial charge is 0.394 e. The van der Waals surface area contributed by atoms with E-state index in [1.54, 1.807) is 12.3 Å². The maximum Gasteiger partial charge on any atom is 0.275 e. The Labute approximate surface area is 106 Å². The molecule has 0 unspecified atom stereocenters. The van der Waals surface area contributed by atoms with Gasteiger partial charge in [0.15, 0.2) is 6.23 Å². The van der Waals surface area contributed by atoms with Crippen LogP contribution in [-0.4, -0.2) is 54.8 Å². The highest BCUT2D eigenvalue weighted by Gasteiger charge is 2.43. The number of aromatic amines is 1. The summed E-state index contributed by atoms with van der Waals surface area (Å²) in [5.74, 6) is 0. The van der Waals surface area contributed by atoms with Crippen LogP contribution in [0.4, 0.5) is 0 Å². The minimum absolute atomic E-state index is 0.248. The highest BCUT2D eigenvalue weighted by Crippen LogP contribution is 2.30. The van der Waals surface area contributed by atoms with Gasteiger partial charge in [-0.25, -0.2) is 4.98 Å². The molecule has 0 radical (unpaired) electrons. The van der Waals surface area contributed by atoms with Crippen molar-refractivity contribution in [1.82, 2.24) is 14.5 Å². The lowest BCUT2D eigenvalue weighted by atomic mass is 10.1. The second kappa shape index (κ2) is 4.42. The molecule has 8 nitrogen and oxygen atoms in total. The Kier molecular flexibility index (Phi) is 2.86. The molecule has 4 N–H and O–H groups in total. The topological polar surface area (TPSA) is 121 Å². The van der Waals surface area contributed by atoms with Gasteiger partial charge in [-0.2, -0.15) is 0 Å². The zero-order chi connectivity index (χ0) is 13.6. The normalized spacial score (nSPS) is 31.1. The van der Waals surface area contributed by atoms with Gasteiger partial charge in [-0.05, 0) is 6.07 Å². The number of nitrogens with zero attached hydrogens (tertiary/aromatic N) is 2. The Bertz CT molecular complexity index is 651. The molecule has 0 aromatic carbocycles. The summed E-state index contributed by atoms with van der Waals surface area (Å²) in [5, 5.41) is 28.7. The summed E-state index contributed by atoms with van der Waals surface area (Å²) in [5.41, 5.74) is 0.339. The van der Waals surface area contributed by atoms with Crippen molar-refractivity contribution in [2.24, 2.45) is 0 Å². The first-order chi connectivity index (χ1) is 9.13. The SMILES string of the molecule is O=c1[nH]cnc2ccn([C@@H]3O[C@H](CO)[C@@H](O)[C@H]3O)c12. The van der Waals surface area contributed by atoms with Crippen molar-refractivity contribution < 1.29 is 20.1 Å². The van der Waals surface area contributed by atoms with E-state index in [9.17, 15) is 15.0 Å². The van der Waals surface area contributed by atoms with Gasteiger partial charge in [0.05, 0.1) is 18.5 Å². The van der Waals surface area contributed by atoms with Crippen LogP contribution in [0.15, 0.2) is 23.4 Å². The van der Waals surface area contributed by atoms with Gasteiger partial charge in [-0.3, -0.25) is 4.79 Å². The minimum Gasteiger partial charge on any atom is -0.394 e. The van der Waals surface area contributed by atoms with Gasteiger partial charge in [0.1, 0.15) is 23.8 Å². The van der Waals surface area contributed by atoms with E-state index in [1.807, 2.05) is 0 Å². The van der Waals surface area contributed by atoms with Crippen molar-refractivity contribution in [3.63, 3.8) is 0 Å². The Morgan fingerprint density at radius 2 is 2.21 bits per heavy atom. The van der Waals surface area contributed by atoms with Crippen molar-refractivity contribution in [1.29, 1.82) is 0 Å². The zero-order valence-corrected chi connectivity index (χ0v) is 9.80. The molecule has 8 heteroatoms. The average Bonchev–Trinajstić information content (AvgIpc) is 2.94. The average molecular weight is 267 g/mol. The summed E-state index contributed by atoms with van der Waals surface area (Å²) >= 11 is 0. The molecule has 0 saturated carbocycles. The van der Waals surface area contributed by atoms with Crippen LogP contribution in [0.3, 0.4) is 0 Å². The summed E-state index contributed by atoms with van der Waals surface area (Å²) in [6.45, 7) is -0.414. The smallest absolute Gasteiger partial charge is 0.275 e. The van der Waals surface area contributed by atoms with E-state index in [0.717, 1.165) is 0 Å². The Morgan fingerprint density at radius 3 is 2.89 bits per heavy atom. The molecule has 0 spiro atoms. The van der Waals surface area contributed by atoms with Gasteiger partial charge in [0.25, 0.3) is 5.56 Å². The van der Waals surface area contributed by atoms with Crippen LogP contribution in [0, 0.1) is 0 Å². The van der Waals surface area contributed by atoms with Gasteiger partial charge < -0.3 is 29.6 Å². The predicted molar refractivity (Wildman–Crippen MR) is 63.4 cm³/mol. The highest BCUT2D eigenvalue weighted by atomic mass is 16.6. The molecular weight excluding hydrogens is 254 g/mol. The molecule has 1 aliphatic heterocycles. The number of rotatable bonds is 2. The Morgan fingerprint density at radius 1 is 1.42 bits per heavy atom. The number of fused-ring (bicyclic) bond motifs is 1. The number of ether oxygens (including phenoxy) is 1. The number of aliphatic hydroxyl groups is 3. The predicted octanol–water partition coefficient (Wildman–Crippen LogP) is -1.66. The first kappa shape index (κ1) is 12.3. The first-order valence-electron chi connectivity index (χ1n) is 5.80. The molecule has 102 valence electrons. The molecule has 1 saturated heterocycles. The van der Waals surface area contributed by atoms with Gasteiger partial charge in [0.2, 0.25) is 0 Å². The van der Waals surface area contributed by atoms with E-state index in [0.29, 0.717) is 5.52 Å². The third kappa shape index (κ3) is 1.77. The molecule has 4 atom stereocenters. The van der Waals surface area contributed by atoms with Crippen molar-refractivity contribution in [3.8, 4) is 0 Å². The molecule has 19 heavy (non-hydrogen) atoms.